The van der Waals surface area contributed by atoms with Gasteiger partial charge in [0.25, 0.3) is 0 Å². The van der Waals surface area contributed by atoms with Crippen LogP contribution in [0, 0.1) is 0 Å². The summed E-state index contributed by atoms with van der Waals surface area (Å²) in [6.07, 6.45) is -19.2. The van der Waals surface area contributed by atoms with Gasteiger partial charge >= 0.3 is 18.5 Å². The molecule has 0 bridgehead atoms. The third kappa shape index (κ3) is 3.60. The molecule has 0 aliphatic heterocycles. The number of hydrogen-bond donors (Lipinski definition) is 1. The molecule has 0 aliphatic rings. The predicted octanol–water partition coefficient (Wildman–Crippen LogP) is 4.80. The smallest absolute Gasteiger partial charge is 0.389 e. The molecular formula is C11H7F9O. The lowest BCUT2D eigenvalue weighted by Gasteiger charge is -2.24. The summed E-state index contributed by atoms with van der Waals surface area (Å²) in [5.74, 6) is 0. The van der Waals surface area contributed by atoms with E-state index in [0.717, 1.165) is 6.92 Å². The van der Waals surface area contributed by atoms with Gasteiger partial charge < -0.3 is 5.11 Å². The molecule has 1 unspecified atom stereocenters. The molecule has 0 saturated carbocycles. The van der Waals surface area contributed by atoms with Crippen molar-refractivity contribution in [2.45, 2.75) is 31.6 Å². The Kier molecular flexibility index (Phi) is 4.25. The van der Waals surface area contributed by atoms with Crippen LogP contribution in [-0.4, -0.2) is 5.11 Å². The molecule has 1 N–H and O–H groups in total. The summed E-state index contributed by atoms with van der Waals surface area (Å²) >= 11 is 0. The van der Waals surface area contributed by atoms with Crippen molar-refractivity contribution in [3.63, 3.8) is 0 Å². The van der Waals surface area contributed by atoms with E-state index < -0.39 is 46.9 Å². The molecule has 0 heterocycles. The molecular weight excluding hydrogens is 319 g/mol. The summed E-state index contributed by atoms with van der Waals surface area (Å²) in [7, 11) is 0. The normalized spacial score (nSPS) is 15.2. The van der Waals surface area contributed by atoms with E-state index in [0.29, 0.717) is 0 Å². The van der Waals surface area contributed by atoms with E-state index in [2.05, 4.69) is 0 Å². The van der Waals surface area contributed by atoms with Gasteiger partial charge in [0.05, 0.1) is 22.8 Å². The zero-order chi connectivity index (χ0) is 16.8. The van der Waals surface area contributed by atoms with Crippen molar-refractivity contribution in [1.82, 2.24) is 0 Å². The van der Waals surface area contributed by atoms with Crippen molar-refractivity contribution < 1.29 is 44.6 Å². The molecule has 0 aliphatic carbocycles. The summed E-state index contributed by atoms with van der Waals surface area (Å²) < 4.78 is 114. The van der Waals surface area contributed by atoms with Crippen LogP contribution in [0.5, 0.6) is 0 Å². The number of rotatable bonds is 1. The van der Waals surface area contributed by atoms with E-state index in [1.54, 1.807) is 0 Å². The standard InChI is InChI=1S/C11H7F9O/c1-4(21)5-2-3-6(9(12,13)14)8(11(18,19)20)7(5)10(15,16)17/h2-4,21H,1H3. The second-order valence-electron chi connectivity index (χ2n) is 4.12. The average Bonchev–Trinajstić information content (AvgIpc) is 2.23. The molecule has 0 fully saturated rings. The minimum absolute atomic E-state index is 0.125. The van der Waals surface area contributed by atoms with Crippen LogP contribution >= 0.6 is 0 Å². The zero-order valence-electron chi connectivity index (χ0n) is 10.1. The van der Waals surface area contributed by atoms with Gasteiger partial charge in [0, 0.05) is 0 Å². The van der Waals surface area contributed by atoms with Crippen LogP contribution in [0.3, 0.4) is 0 Å². The van der Waals surface area contributed by atoms with Crippen LogP contribution in [0.4, 0.5) is 39.5 Å². The highest BCUT2D eigenvalue weighted by molar-refractivity contribution is 5.47. The largest absolute Gasteiger partial charge is 0.417 e. The topological polar surface area (TPSA) is 20.2 Å². The van der Waals surface area contributed by atoms with Crippen molar-refractivity contribution in [1.29, 1.82) is 0 Å². The Labute approximate surface area is 112 Å². The van der Waals surface area contributed by atoms with Gasteiger partial charge in [0.1, 0.15) is 0 Å². The van der Waals surface area contributed by atoms with Gasteiger partial charge in [-0.05, 0) is 18.6 Å². The van der Waals surface area contributed by atoms with Gasteiger partial charge in [0.2, 0.25) is 0 Å². The molecule has 1 rings (SSSR count). The molecule has 1 aromatic rings. The summed E-state index contributed by atoms with van der Waals surface area (Å²) in [5.41, 5.74) is -9.10. The monoisotopic (exact) mass is 326 g/mol. The Hall–Kier alpha value is -1.45. The van der Waals surface area contributed by atoms with Crippen LogP contribution < -0.4 is 0 Å². The van der Waals surface area contributed by atoms with E-state index in [-0.39, 0.29) is 12.1 Å². The highest BCUT2D eigenvalue weighted by Crippen LogP contribution is 2.48. The van der Waals surface area contributed by atoms with Gasteiger partial charge in [0.15, 0.2) is 0 Å². The molecule has 0 aromatic heterocycles. The van der Waals surface area contributed by atoms with Gasteiger partial charge in [-0.3, -0.25) is 0 Å². The first kappa shape index (κ1) is 17.6. The Morgan fingerprint density at radius 3 is 1.48 bits per heavy atom. The minimum Gasteiger partial charge on any atom is -0.389 e. The van der Waals surface area contributed by atoms with Gasteiger partial charge in [-0.2, -0.15) is 39.5 Å². The quantitative estimate of drug-likeness (QED) is 0.735. The molecule has 0 amide bonds. The highest BCUT2D eigenvalue weighted by Gasteiger charge is 2.51. The first-order valence-corrected chi connectivity index (χ1v) is 5.24. The number of benzene rings is 1. The Morgan fingerprint density at radius 1 is 0.762 bits per heavy atom. The maximum atomic E-state index is 12.8. The predicted molar refractivity (Wildman–Crippen MR) is 52.1 cm³/mol. The van der Waals surface area contributed by atoms with Crippen LogP contribution in [0.1, 0.15) is 35.3 Å². The summed E-state index contributed by atoms with van der Waals surface area (Å²) in [6, 6.07) is 0.0612. The molecule has 1 aromatic carbocycles. The SMILES string of the molecule is CC(O)c1ccc(C(F)(F)F)c(C(F)(F)F)c1C(F)(F)F. The Balaban J connectivity index is 3.93. The summed E-state index contributed by atoms with van der Waals surface area (Å²) in [6.45, 7) is 0.720. The lowest BCUT2D eigenvalue weighted by atomic mass is 9.92. The fourth-order valence-electron chi connectivity index (χ4n) is 1.80. The van der Waals surface area contributed by atoms with Crippen LogP contribution in [0.15, 0.2) is 12.1 Å². The molecule has 1 nitrogen and oxygen atoms in total. The Morgan fingerprint density at radius 2 is 1.19 bits per heavy atom. The first-order chi connectivity index (χ1) is 9.17. The maximum Gasteiger partial charge on any atom is 0.417 e. The molecule has 0 spiro atoms. The van der Waals surface area contributed by atoms with Crippen LogP contribution in [0.25, 0.3) is 0 Å². The third-order valence-corrected chi connectivity index (χ3v) is 2.56. The molecule has 21 heavy (non-hydrogen) atoms. The van der Waals surface area contributed by atoms with E-state index >= 15 is 0 Å². The fraction of sp³-hybridized carbons (Fsp3) is 0.455. The molecule has 0 radical (unpaired) electrons. The van der Waals surface area contributed by atoms with Crippen molar-refractivity contribution in [2.75, 3.05) is 0 Å². The Bertz CT molecular complexity index is 522. The lowest BCUT2D eigenvalue weighted by molar-refractivity contribution is -0.175. The van der Waals surface area contributed by atoms with E-state index in [4.69, 9.17) is 5.11 Å². The third-order valence-electron chi connectivity index (χ3n) is 2.56. The van der Waals surface area contributed by atoms with Gasteiger partial charge in [-0.1, -0.05) is 6.07 Å². The van der Waals surface area contributed by atoms with E-state index in [9.17, 15) is 39.5 Å². The number of alkyl halides is 9. The molecule has 120 valence electrons. The summed E-state index contributed by atoms with van der Waals surface area (Å²) in [5, 5.41) is 9.10. The van der Waals surface area contributed by atoms with Crippen molar-refractivity contribution in [3.8, 4) is 0 Å². The van der Waals surface area contributed by atoms with Crippen LogP contribution in [-0.2, 0) is 18.5 Å². The van der Waals surface area contributed by atoms with Crippen LogP contribution in [0.2, 0.25) is 0 Å². The lowest BCUT2D eigenvalue weighted by Crippen LogP contribution is -2.25. The summed E-state index contributed by atoms with van der Waals surface area (Å²) in [4.78, 5) is 0. The minimum atomic E-state index is -5.89. The van der Waals surface area contributed by atoms with Crippen molar-refractivity contribution >= 4 is 0 Å². The van der Waals surface area contributed by atoms with Gasteiger partial charge in [-0.25, -0.2) is 0 Å². The maximum absolute atomic E-state index is 12.8. The van der Waals surface area contributed by atoms with Crippen molar-refractivity contribution in [3.05, 3.63) is 34.4 Å². The number of hydrogen-bond acceptors (Lipinski definition) is 1. The van der Waals surface area contributed by atoms with E-state index in [1.807, 2.05) is 0 Å². The van der Waals surface area contributed by atoms with E-state index in [1.165, 1.54) is 0 Å². The zero-order valence-corrected chi connectivity index (χ0v) is 10.1. The van der Waals surface area contributed by atoms with Gasteiger partial charge in [-0.15, -0.1) is 0 Å². The second kappa shape index (κ2) is 5.08. The molecule has 0 saturated heterocycles. The van der Waals surface area contributed by atoms with Crippen molar-refractivity contribution in [2.24, 2.45) is 0 Å². The molecule has 1 atom stereocenters. The molecule has 10 heteroatoms. The second-order valence-corrected chi connectivity index (χ2v) is 4.12. The number of aliphatic hydroxyl groups excluding tert-OH is 1. The number of aliphatic hydroxyl groups is 1. The first-order valence-electron chi connectivity index (χ1n) is 5.24. The average molecular weight is 326 g/mol. The number of halogens is 9. The highest BCUT2D eigenvalue weighted by atomic mass is 19.4. The fourth-order valence-corrected chi connectivity index (χ4v) is 1.80.